The van der Waals surface area contributed by atoms with E-state index in [9.17, 15) is 4.79 Å². The van der Waals surface area contributed by atoms with Gasteiger partial charge < -0.3 is 15.5 Å². The molecule has 4 nitrogen and oxygen atoms in total. The van der Waals surface area contributed by atoms with Crippen LogP contribution in [0.1, 0.15) is 58.3 Å². The molecule has 0 saturated carbocycles. The highest BCUT2D eigenvalue weighted by molar-refractivity contribution is 5.85. The van der Waals surface area contributed by atoms with Crippen LogP contribution in [0.25, 0.3) is 0 Å². The Labute approximate surface area is 142 Å². The van der Waals surface area contributed by atoms with Gasteiger partial charge in [0.15, 0.2) is 0 Å². The maximum atomic E-state index is 12.2. The molecule has 2 saturated heterocycles. The lowest BCUT2D eigenvalue weighted by Crippen LogP contribution is -2.47. The van der Waals surface area contributed by atoms with Crippen LogP contribution in [0.15, 0.2) is 0 Å². The van der Waals surface area contributed by atoms with Gasteiger partial charge in [-0.05, 0) is 70.5 Å². The molecule has 0 aromatic carbocycles. The van der Waals surface area contributed by atoms with Gasteiger partial charge in [0, 0.05) is 13.1 Å². The molecule has 130 valence electrons. The molecule has 0 aromatic rings. The molecule has 2 fully saturated rings. The Morgan fingerprint density at radius 2 is 1.82 bits per heavy atom. The molecule has 0 aromatic heterocycles. The molecule has 2 heterocycles. The summed E-state index contributed by atoms with van der Waals surface area (Å²) in [7, 11) is 0. The predicted molar refractivity (Wildman–Crippen MR) is 94.3 cm³/mol. The number of piperidine rings is 1. The fourth-order valence-corrected chi connectivity index (χ4v) is 3.72. The van der Waals surface area contributed by atoms with E-state index in [0.717, 1.165) is 31.8 Å². The van der Waals surface area contributed by atoms with Crippen molar-refractivity contribution in [2.24, 2.45) is 11.7 Å². The maximum Gasteiger partial charge on any atom is 0.239 e. The summed E-state index contributed by atoms with van der Waals surface area (Å²) < 4.78 is 0. The van der Waals surface area contributed by atoms with Crippen molar-refractivity contribution >= 4 is 18.3 Å². The summed E-state index contributed by atoms with van der Waals surface area (Å²) in [5.74, 6) is 0.992. The number of halogens is 1. The molecule has 2 rings (SSSR count). The summed E-state index contributed by atoms with van der Waals surface area (Å²) in [4.78, 5) is 16.8. The average molecular weight is 332 g/mol. The minimum absolute atomic E-state index is 0. The Kier molecular flexibility index (Phi) is 9.37. The zero-order valence-corrected chi connectivity index (χ0v) is 15.0. The van der Waals surface area contributed by atoms with Crippen molar-refractivity contribution in [3.05, 3.63) is 0 Å². The highest BCUT2D eigenvalue weighted by atomic mass is 35.5. The third kappa shape index (κ3) is 6.05. The molecule has 1 amide bonds. The normalized spacial score (nSPS) is 21.6. The summed E-state index contributed by atoms with van der Waals surface area (Å²) >= 11 is 0. The predicted octanol–water partition coefficient (Wildman–Crippen LogP) is 2.65. The molecule has 2 aliphatic heterocycles. The van der Waals surface area contributed by atoms with Crippen LogP contribution in [-0.4, -0.2) is 54.5 Å². The van der Waals surface area contributed by atoms with Crippen LogP contribution < -0.4 is 5.73 Å². The summed E-state index contributed by atoms with van der Waals surface area (Å²) in [6, 6.07) is -0.276. The average Bonchev–Trinajstić information content (AvgIpc) is 3.01. The van der Waals surface area contributed by atoms with Gasteiger partial charge in [0.05, 0.1) is 6.04 Å². The van der Waals surface area contributed by atoms with E-state index in [1.807, 2.05) is 4.90 Å². The second kappa shape index (κ2) is 10.5. The van der Waals surface area contributed by atoms with Crippen molar-refractivity contribution in [3.8, 4) is 0 Å². The van der Waals surface area contributed by atoms with Crippen LogP contribution in [0, 0.1) is 5.92 Å². The molecule has 2 N–H and O–H groups in total. The zero-order chi connectivity index (χ0) is 15.1. The van der Waals surface area contributed by atoms with Crippen molar-refractivity contribution in [3.63, 3.8) is 0 Å². The SMILES string of the molecule is CCCC(N)C(=O)N1CCC(CCCN2CCCC2)CC1.Cl. The first-order chi connectivity index (χ1) is 10.2. The van der Waals surface area contributed by atoms with E-state index in [2.05, 4.69) is 11.8 Å². The first-order valence-corrected chi connectivity index (χ1v) is 8.97. The number of carbonyl (C=O) groups excluding carboxylic acids is 1. The van der Waals surface area contributed by atoms with Gasteiger partial charge in [-0.1, -0.05) is 13.3 Å². The standard InChI is InChI=1S/C17H33N3O.ClH/c1-2-6-16(18)17(21)20-13-8-15(9-14-20)7-5-12-19-10-3-4-11-19;/h15-16H,2-14,18H2,1H3;1H. The van der Waals surface area contributed by atoms with Crippen LogP contribution in [0.2, 0.25) is 0 Å². The van der Waals surface area contributed by atoms with Crippen molar-refractivity contribution in [1.29, 1.82) is 0 Å². The minimum atomic E-state index is -0.276. The van der Waals surface area contributed by atoms with Crippen molar-refractivity contribution < 1.29 is 4.79 Å². The van der Waals surface area contributed by atoms with Crippen molar-refractivity contribution in [2.45, 2.75) is 64.3 Å². The molecule has 1 unspecified atom stereocenters. The molecule has 22 heavy (non-hydrogen) atoms. The van der Waals surface area contributed by atoms with Crippen molar-refractivity contribution in [2.75, 3.05) is 32.7 Å². The zero-order valence-electron chi connectivity index (χ0n) is 14.1. The van der Waals surface area contributed by atoms with Crippen molar-refractivity contribution in [1.82, 2.24) is 9.80 Å². The molecular formula is C17H34ClN3O. The second-order valence-corrected chi connectivity index (χ2v) is 6.85. The monoisotopic (exact) mass is 331 g/mol. The number of carbonyl (C=O) groups is 1. The number of hydrogen-bond acceptors (Lipinski definition) is 3. The largest absolute Gasteiger partial charge is 0.341 e. The fraction of sp³-hybridized carbons (Fsp3) is 0.941. The number of likely N-dealkylation sites (tertiary alicyclic amines) is 2. The first kappa shape index (κ1) is 19.7. The Morgan fingerprint density at radius 1 is 1.18 bits per heavy atom. The van der Waals surface area contributed by atoms with E-state index < -0.39 is 0 Å². The lowest BCUT2D eigenvalue weighted by atomic mass is 9.91. The molecule has 5 heteroatoms. The number of hydrogen-bond donors (Lipinski definition) is 1. The van der Waals surface area contributed by atoms with E-state index in [1.165, 1.54) is 58.2 Å². The molecule has 0 bridgehead atoms. The van der Waals surface area contributed by atoms with Gasteiger partial charge in [0.1, 0.15) is 0 Å². The van der Waals surface area contributed by atoms with Gasteiger partial charge in [-0.2, -0.15) is 0 Å². The van der Waals surface area contributed by atoms with E-state index >= 15 is 0 Å². The molecule has 0 spiro atoms. The van der Waals surface area contributed by atoms with E-state index in [0.29, 0.717) is 0 Å². The fourth-order valence-electron chi connectivity index (χ4n) is 3.72. The summed E-state index contributed by atoms with van der Waals surface area (Å²) in [6.07, 6.45) is 9.58. The highest BCUT2D eigenvalue weighted by Crippen LogP contribution is 2.23. The second-order valence-electron chi connectivity index (χ2n) is 6.85. The maximum absolute atomic E-state index is 12.2. The Bertz CT molecular complexity index is 313. The van der Waals surface area contributed by atoms with Gasteiger partial charge in [-0.15, -0.1) is 12.4 Å². The molecular weight excluding hydrogens is 298 g/mol. The summed E-state index contributed by atoms with van der Waals surface area (Å²) in [5.41, 5.74) is 5.95. The number of rotatable bonds is 7. The Hall–Kier alpha value is -0.320. The van der Waals surface area contributed by atoms with Gasteiger partial charge in [-0.3, -0.25) is 4.79 Å². The third-order valence-corrected chi connectivity index (χ3v) is 5.13. The molecule has 2 aliphatic rings. The molecule has 1 atom stereocenters. The molecule has 0 radical (unpaired) electrons. The smallest absolute Gasteiger partial charge is 0.239 e. The topological polar surface area (TPSA) is 49.6 Å². The van der Waals surface area contributed by atoms with Crippen LogP contribution >= 0.6 is 12.4 Å². The first-order valence-electron chi connectivity index (χ1n) is 8.97. The minimum Gasteiger partial charge on any atom is -0.341 e. The van der Waals surface area contributed by atoms with Gasteiger partial charge in [0.25, 0.3) is 0 Å². The van der Waals surface area contributed by atoms with E-state index in [1.54, 1.807) is 0 Å². The van der Waals surface area contributed by atoms with Crippen LogP contribution in [0.5, 0.6) is 0 Å². The van der Waals surface area contributed by atoms with Crippen LogP contribution in [0.4, 0.5) is 0 Å². The van der Waals surface area contributed by atoms with Gasteiger partial charge >= 0.3 is 0 Å². The highest BCUT2D eigenvalue weighted by Gasteiger charge is 2.25. The number of nitrogens with zero attached hydrogens (tertiary/aromatic N) is 2. The Morgan fingerprint density at radius 3 is 2.41 bits per heavy atom. The van der Waals surface area contributed by atoms with E-state index in [-0.39, 0.29) is 24.4 Å². The lowest BCUT2D eigenvalue weighted by Gasteiger charge is -2.33. The summed E-state index contributed by atoms with van der Waals surface area (Å²) in [6.45, 7) is 7.82. The molecule has 0 aliphatic carbocycles. The van der Waals surface area contributed by atoms with Crippen LogP contribution in [0.3, 0.4) is 0 Å². The Balaban J connectivity index is 0.00000242. The lowest BCUT2D eigenvalue weighted by molar-refractivity contribution is -0.134. The van der Waals surface area contributed by atoms with Gasteiger partial charge in [0.2, 0.25) is 5.91 Å². The van der Waals surface area contributed by atoms with E-state index in [4.69, 9.17) is 5.73 Å². The van der Waals surface area contributed by atoms with Gasteiger partial charge in [-0.25, -0.2) is 0 Å². The van der Waals surface area contributed by atoms with Crippen LogP contribution in [-0.2, 0) is 4.79 Å². The number of nitrogens with two attached hydrogens (primary N) is 1. The third-order valence-electron chi connectivity index (χ3n) is 5.13. The summed E-state index contributed by atoms with van der Waals surface area (Å²) in [5, 5.41) is 0. The number of amides is 1. The quantitative estimate of drug-likeness (QED) is 0.780.